The van der Waals surface area contributed by atoms with Gasteiger partial charge in [-0.2, -0.15) is 0 Å². The first-order valence-electron chi connectivity index (χ1n) is 5.17. The van der Waals surface area contributed by atoms with Crippen molar-refractivity contribution in [2.24, 2.45) is 0 Å². The zero-order valence-corrected chi connectivity index (χ0v) is 9.47. The first-order valence-corrected chi connectivity index (χ1v) is 5.17. The zero-order chi connectivity index (χ0) is 13.1. The van der Waals surface area contributed by atoms with Crippen LogP contribution in [0.4, 0.5) is 0 Å². The molecule has 7 heteroatoms. The van der Waals surface area contributed by atoms with Crippen molar-refractivity contribution in [1.29, 1.82) is 0 Å². The van der Waals surface area contributed by atoms with Crippen molar-refractivity contribution in [2.45, 2.75) is 6.92 Å². The molecule has 0 radical (unpaired) electrons. The van der Waals surface area contributed by atoms with E-state index in [9.17, 15) is 14.4 Å². The molecule has 0 bridgehead atoms. The molecule has 0 saturated heterocycles. The number of ketones is 1. The maximum absolute atomic E-state index is 11.6. The van der Waals surface area contributed by atoms with Gasteiger partial charge in [0.25, 0.3) is 0 Å². The number of carbonyl (C=O) groups excluding carboxylic acids is 3. The number of Topliss-reactive ketones (excluding diaryl/α,β-unsaturated/α-hetero) is 1. The molecule has 0 aliphatic rings. The molecule has 2 rings (SSSR count). The lowest BCUT2D eigenvalue weighted by Gasteiger charge is -1.99. The van der Waals surface area contributed by atoms with Crippen molar-refractivity contribution in [3.8, 4) is 0 Å². The molecule has 0 saturated carbocycles. The number of esters is 1. The van der Waals surface area contributed by atoms with Crippen LogP contribution in [0.5, 0.6) is 0 Å². The maximum atomic E-state index is 11.6. The van der Waals surface area contributed by atoms with E-state index >= 15 is 0 Å². The van der Waals surface area contributed by atoms with E-state index in [1.165, 1.54) is 6.20 Å². The van der Waals surface area contributed by atoms with Crippen molar-refractivity contribution < 1.29 is 19.1 Å². The molecular formula is C11H9N3O4. The van der Waals surface area contributed by atoms with Crippen LogP contribution >= 0.6 is 0 Å². The van der Waals surface area contributed by atoms with E-state index in [1.807, 2.05) is 0 Å². The van der Waals surface area contributed by atoms with Gasteiger partial charge >= 0.3 is 5.97 Å². The summed E-state index contributed by atoms with van der Waals surface area (Å²) in [7, 11) is 0. The van der Waals surface area contributed by atoms with Crippen LogP contribution in [0.25, 0.3) is 11.0 Å². The molecule has 7 nitrogen and oxygen atoms in total. The Morgan fingerprint density at radius 1 is 1.44 bits per heavy atom. The lowest BCUT2D eigenvalue weighted by molar-refractivity contribution is -0.104. The second kappa shape index (κ2) is 4.74. The van der Waals surface area contributed by atoms with Crippen LogP contribution in [-0.4, -0.2) is 39.6 Å². The first kappa shape index (κ1) is 11.9. The summed E-state index contributed by atoms with van der Waals surface area (Å²) in [6, 6.07) is 0. The fraction of sp³-hybridized carbons (Fsp3) is 0.182. The van der Waals surface area contributed by atoms with E-state index < -0.39 is 11.8 Å². The zero-order valence-electron chi connectivity index (χ0n) is 9.47. The number of aldehydes is 1. The molecule has 1 N–H and O–H groups in total. The third-order valence-corrected chi connectivity index (χ3v) is 2.30. The van der Waals surface area contributed by atoms with E-state index in [4.69, 9.17) is 4.74 Å². The molecule has 2 aromatic rings. The molecule has 0 spiro atoms. The molecule has 0 aliphatic heterocycles. The Bertz CT molecular complexity index is 632. The summed E-state index contributed by atoms with van der Waals surface area (Å²) in [4.78, 5) is 43.8. The second-order valence-corrected chi connectivity index (χ2v) is 3.35. The molecule has 0 aliphatic carbocycles. The van der Waals surface area contributed by atoms with Gasteiger partial charge in [-0.1, -0.05) is 0 Å². The normalized spacial score (nSPS) is 10.3. The number of H-pyrrole nitrogens is 1. The molecule has 0 fully saturated rings. The Morgan fingerprint density at radius 3 is 2.89 bits per heavy atom. The molecule has 18 heavy (non-hydrogen) atoms. The molecule has 0 unspecified atom stereocenters. The molecule has 2 heterocycles. The van der Waals surface area contributed by atoms with Gasteiger partial charge in [-0.05, 0) is 6.92 Å². The SMILES string of the molecule is CCOC(=O)c1c[nH]c2c(C(=O)C=O)ncnc12. The number of fused-ring (bicyclic) bond motifs is 1. The summed E-state index contributed by atoms with van der Waals surface area (Å²) in [6.45, 7) is 1.92. The van der Waals surface area contributed by atoms with Crippen LogP contribution in [0.1, 0.15) is 27.8 Å². The minimum atomic E-state index is -0.778. The summed E-state index contributed by atoms with van der Waals surface area (Å²) in [6.07, 6.45) is 2.65. The third-order valence-electron chi connectivity index (χ3n) is 2.30. The smallest absolute Gasteiger partial charge is 0.341 e. The maximum Gasteiger partial charge on any atom is 0.341 e. The number of nitrogens with one attached hydrogen (secondary N) is 1. The average Bonchev–Trinajstić information content (AvgIpc) is 2.81. The Balaban J connectivity index is 2.58. The van der Waals surface area contributed by atoms with Crippen molar-refractivity contribution >= 4 is 29.1 Å². The number of carbonyl (C=O) groups is 3. The van der Waals surface area contributed by atoms with E-state index in [0.29, 0.717) is 0 Å². The lowest BCUT2D eigenvalue weighted by Crippen LogP contribution is -2.06. The number of aromatic nitrogens is 3. The van der Waals surface area contributed by atoms with Crippen molar-refractivity contribution in [1.82, 2.24) is 15.0 Å². The summed E-state index contributed by atoms with van der Waals surface area (Å²) >= 11 is 0. The Kier molecular flexibility index (Phi) is 3.13. The molecule has 0 atom stereocenters. The van der Waals surface area contributed by atoms with E-state index in [0.717, 1.165) is 6.33 Å². The van der Waals surface area contributed by atoms with Gasteiger partial charge in [0.05, 0.1) is 12.1 Å². The summed E-state index contributed by atoms with van der Waals surface area (Å²) in [5, 5.41) is 0. The second-order valence-electron chi connectivity index (χ2n) is 3.35. The predicted octanol–water partition coefficient (Wildman–Crippen LogP) is 0.516. The van der Waals surface area contributed by atoms with E-state index in [2.05, 4.69) is 15.0 Å². The molecule has 0 amide bonds. The number of nitrogens with zero attached hydrogens (tertiary/aromatic N) is 2. The van der Waals surface area contributed by atoms with Crippen LogP contribution < -0.4 is 0 Å². The highest BCUT2D eigenvalue weighted by molar-refractivity contribution is 6.35. The number of aromatic amines is 1. The quantitative estimate of drug-likeness (QED) is 0.365. The minimum absolute atomic E-state index is 0.0643. The van der Waals surface area contributed by atoms with E-state index in [-0.39, 0.29) is 35.2 Å². The Hall–Kier alpha value is -2.57. The topological polar surface area (TPSA) is 102 Å². The van der Waals surface area contributed by atoms with Gasteiger partial charge in [0.1, 0.15) is 23.1 Å². The van der Waals surface area contributed by atoms with Gasteiger partial charge in [0, 0.05) is 6.20 Å². The number of hydrogen-bond acceptors (Lipinski definition) is 6. The van der Waals surface area contributed by atoms with Crippen LogP contribution in [0.2, 0.25) is 0 Å². The highest BCUT2D eigenvalue weighted by atomic mass is 16.5. The molecular weight excluding hydrogens is 238 g/mol. The minimum Gasteiger partial charge on any atom is -0.462 e. The van der Waals surface area contributed by atoms with Gasteiger partial charge in [-0.3, -0.25) is 9.59 Å². The van der Waals surface area contributed by atoms with Crippen LogP contribution in [0, 0.1) is 0 Å². The predicted molar refractivity (Wildman–Crippen MR) is 60.2 cm³/mol. The first-order chi connectivity index (χ1) is 8.69. The molecule has 0 aromatic carbocycles. The highest BCUT2D eigenvalue weighted by Crippen LogP contribution is 2.18. The fourth-order valence-corrected chi connectivity index (χ4v) is 1.55. The van der Waals surface area contributed by atoms with Crippen molar-refractivity contribution in [3.05, 3.63) is 23.8 Å². The molecule has 2 aromatic heterocycles. The highest BCUT2D eigenvalue weighted by Gasteiger charge is 2.19. The molecule has 92 valence electrons. The standard InChI is InChI=1S/C11H9N3O4/c1-2-18-11(17)6-3-12-10-8(6)13-5-14-9(10)7(16)4-15/h3-5,12H,2H2,1H3. The number of ether oxygens (including phenoxy) is 1. The van der Waals surface area contributed by atoms with Gasteiger partial charge < -0.3 is 9.72 Å². The number of rotatable bonds is 4. The Morgan fingerprint density at radius 2 is 2.22 bits per heavy atom. The summed E-state index contributed by atoms with van der Waals surface area (Å²) < 4.78 is 4.85. The lowest BCUT2D eigenvalue weighted by atomic mass is 10.2. The van der Waals surface area contributed by atoms with Crippen molar-refractivity contribution in [2.75, 3.05) is 6.61 Å². The van der Waals surface area contributed by atoms with Crippen molar-refractivity contribution in [3.63, 3.8) is 0 Å². The fourth-order valence-electron chi connectivity index (χ4n) is 1.55. The summed E-state index contributed by atoms with van der Waals surface area (Å²) in [5.41, 5.74) is 0.644. The Labute approximate surface area is 101 Å². The monoisotopic (exact) mass is 247 g/mol. The third kappa shape index (κ3) is 1.86. The van der Waals surface area contributed by atoms with Crippen LogP contribution in [0.3, 0.4) is 0 Å². The number of hydrogen-bond donors (Lipinski definition) is 1. The van der Waals surface area contributed by atoms with Crippen LogP contribution in [-0.2, 0) is 9.53 Å². The van der Waals surface area contributed by atoms with E-state index in [1.54, 1.807) is 6.92 Å². The van der Waals surface area contributed by atoms with Gasteiger partial charge in [0.2, 0.25) is 5.78 Å². The average molecular weight is 247 g/mol. The van der Waals surface area contributed by atoms with Gasteiger partial charge in [-0.25, -0.2) is 14.8 Å². The summed E-state index contributed by atoms with van der Waals surface area (Å²) in [5.74, 6) is -1.33. The van der Waals surface area contributed by atoms with Crippen LogP contribution in [0.15, 0.2) is 12.5 Å². The largest absolute Gasteiger partial charge is 0.462 e. The van der Waals surface area contributed by atoms with Gasteiger partial charge in [0.15, 0.2) is 6.29 Å². The van der Waals surface area contributed by atoms with Gasteiger partial charge in [-0.15, -0.1) is 0 Å².